The van der Waals surface area contributed by atoms with Crippen LogP contribution in [0.3, 0.4) is 0 Å². The van der Waals surface area contributed by atoms with E-state index in [9.17, 15) is 14.7 Å². The molecule has 1 aliphatic heterocycles. The zero-order chi connectivity index (χ0) is 17.4. The first-order chi connectivity index (χ1) is 11.4. The van der Waals surface area contributed by atoms with Crippen LogP contribution >= 0.6 is 31.9 Å². The van der Waals surface area contributed by atoms with Crippen molar-refractivity contribution in [3.63, 3.8) is 0 Å². The summed E-state index contributed by atoms with van der Waals surface area (Å²) < 4.78 is 1.76. The topological polar surface area (TPSA) is 57.6 Å². The summed E-state index contributed by atoms with van der Waals surface area (Å²) in [5.74, 6) is -1.47. The number of hydrogen-bond donors (Lipinski definition) is 1. The highest BCUT2D eigenvalue weighted by Gasteiger charge is 2.44. The van der Waals surface area contributed by atoms with Crippen LogP contribution in [-0.4, -0.2) is 28.7 Å². The number of amides is 1. The van der Waals surface area contributed by atoms with E-state index < -0.39 is 17.7 Å². The molecule has 122 valence electrons. The molecule has 0 unspecified atom stereocenters. The normalized spacial score (nSPS) is 19.8. The van der Waals surface area contributed by atoms with E-state index in [0.29, 0.717) is 5.56 Å². The molecule has 6 heteroatoms. The van der Waals surface area contributed by atoms with Gasteiger partial charge in [0.2, 0.25) is 0 Å². The first-order valence-electron chi connectivity index (χ1n) is 7.16. The third-order valence-electron chi connectivity index (χ3n) is 3.98. The molecule has 0 aliphatic carbocycles. The second kappa shape index (κ2) is 6.53. The molecule has 1 N–H and O–H groups in total. The summed E-state index contributed by atoms with van der Waals surface area (Å²) in [6.45, 7) is 0. The quantitative estimate of drug-likeness (QED) is 0.422. The molecule has 1 atom stereocenters. The lowest BCUT2D eigenvalue weighted by Crippen LogP contribution is -2.24. The van der Waals surface area contributed by atoms with Crippen LogP contribution in [-0.2, 0) is 9.59 Å². The van der Waals surface area contributed by atoms with Crippen LogP contribution in [0.5, 0.6) is 0 Å². The van der Waals surface area contributed by atoms with Crippen LogP contribution < -0.4 is 0 Å². The van der Waals surface area contributed by atoms with Gasteiger partial charge in [0.1, 0.15) is 5.76 Å². The molecule has 0 aromatic heterocycles. The van der Waals surface area contributed by atoms with E-state index in [1.165, 1.54) is 4.90 Å². The molecule has 1 heterocycles. The van der Waals surface area contributed by atoms with Gasteiger partial charge in [-0.1, -0.05) is 56.1 Å². The highest BCUT2D eigenvalue weighted by atomic mass is 79.9. The van der Waals surface area contributed by atoms with Crippen molar-refractivity contribution in [3.05, 3.63) is 74.2 Å². The van der Waals surface area contributed by atoms with Crippen molar-refractivity contribution in [2.45, 2.75) is 6.04 Å². The first kappa shape index (κ1) is 16.9. The first-order valence-corrected chi connectivity index (χ1v) is 8.74. The molecule has 0 bridgehead atoms. The van der Waals surface area contributed by atoms with Gasteiger partial charge in [0.25, 0.3) is 11.7 Å². The van der Waals surface area contributed by atoms with Crippen molar-refractivity contribution in [3.8, 4) is 0 Å². The van der Waals surface area contributed by atoms with Gasteiger partial charge < -0.3 is 10.0 Å². The standard InChI is InChI=1S/C18H13Br2NO3/c1-21-15(10-2-6-12(19)7-3-10)14(17(23)18(21)24)16(22)11-4-8-13(20)9-5-11/h2-9,15,22H,1H3/t15-/m1/s1. The molecule has 0 spiro atoms. The van der Waals surface area contributed by atoms with Crippen molar-refractivity contribution >= 4 is 49.3 Å². The Morgan fingerprint density at radius 1 is 0.958 bits per heavy atom. The van der Waals surface area contributed by atoms with Gasteiger partial charge >= 0.3 is 0 Å². The lowest BCUT2D eigenvalue weighted by atomic mass is 9.95. The fraction of sp³-hybridized carbons (Fsp3) is 0.111. The van der Waals surface area contributed by atoms with Crippen molar-refractivity contribution in [1.82, 2.24) is 4.90 Å². The molecule has 0 radical (unpaired) electrons. The number of halogens is 2. The van der Waals surface area contributed by atoms with Crippen LogP contribution in [0, 0.1) is 0 Å². The van der Waals surface area contributed by atoms with Crippen molar-refractivity contribution < 1.29 is 14.7 Å². The number of benzene rings is 2. The van der Waals surface area contributed by atoms with Gasteiger partial charge in [-0.2, -0.15) is 0 Å². The lowest BCUT2D eigenvalue weighted by Gasteiger charge is -2.21. The van der Waals surface area contributed by atoms with Crippen LogP contribution in [0.15, 0.2) is 63.0 Å². The Morgan fingerprint density at radius 2 is 1.46 bits per heavy atom. The van der Waals surface area contributed by atoms with Crippen molar-refractivity contribution in [2.75, 3.05) is 7.05 Å². The molecule has 2 aromatic carbocycles. The number of Topliss-reactive ketones (excluding diaryl/α,β-unsaturated/α-hetero) is 1. The summed E-state index contributed by atoms with van der Waals surface area (Å²) in [7, 11) is 1.56. The number of carbonyl (C=O) groups is 2. The molecule has 24 heavy (non-hydrogen) atoms. The number of aliphatic hydroxyl groups excluding tert-OH is 1. The fourth-order valence-electron chi connectivity index (χ4n) is 2.75. The number of hydrogen-bond acceptors (Lipinski definition) is 3. The molecule has 4 nitrogen and oxygen atoms in total. The van der Waals surface area contributed by atoms with Crippen LogP contribution in [0.25, 0.3) is 5.76 Å². The average Bonchev–Trinajstić information content (AvgIpc) is 2.80. The smallest absolute Gasteiger partial charge is 0.295 e. The summed E-state index contributed by atoms with van der Waals surface area (Å²) in [4.78, 5) is 25.9. The largest absolute Gasteiger partial charge is 0.507 e. The number of carbonyl (C=O) groups excluding carboxylic acids is 2. The van der Waals surface area contributed by atoms with Gasteiger partial charge in [0, 0.05) is 21.6 Å². The minimum Gasteiger partial charge on any atom is -0.507 e. The van der Waals surface area contributed by atoms with E-state index in [0.717, 1.165) is 14.5 Å². The zero-order valence-corrected chi connectivity index (χ0v) is 15.8. The highest BCUT2D eigenvalue weighted by molar-refractivity contribution is 9.10. The minimum atomic E-state index is -0.675. The second-order valence-electron chi connectivity index (χ2n) is 5.47. The number of rotatable bonds is 2. The van der Waals surface area contributed by atoms with Gasteiger partial charge in [-0.05, 0) is 29.8 Å². The Labute approximate surface area is 156 Å². The summed E-state index contributed by atoms with van der Waals surface area (Å²) in [5, 5.41) is 10.7. The molecule has 0 saturated carbocycles. The number of aliphatic hydroxyl groups is 1. The molecule has 1 aliphatic rings. The Balaban J connectivity index is 2.16. The van der Waals surface area contributed by atoms with Gasteiger partial charge in [0.05, 0.1) is 11.6 Å². The number of likely N-dealkylation sites (tertiary alicyclic amines) is 1. The van der Waals surface area contributed by atoms with E-state index in [-0.39, 0.29) is 11.3 Å². The molecule has 1 fully saturated rings. The van der Waals surface area contributed by atoms with E-state index in [1.54, 1.807) is 31.3 Å². The lowest BCUT2D eigenvalue weighted by molar-refractivity contribution is -0.139. The van der Waals surface area contributed by atoms with E-state index in [4.69, 9.17) is 0 Å². The van der Waals surface area contributed by atoms with Gasteiger partial charge in [-0.15, -0.1) is 0 Å². The minimum absolute atomic E-state index is 0.104. The second-order valence-corrected chi connectivity index (χ2v) is 7.30. The maximum atomic E-state index is 12.4. The molecule has 3 rings (SSSR count). The summed E-state index contributed by atoms with van der Waals surface area (Å²) in [6.07, 6.45) is 0. The average molecular weight is 451 g/mol. The fourth-order valence-corrected chi connectivity index (χ4v) is 3.27. The molecule has 2 aromatic rings. The van der Waals surface area contributed by atoms with Crippen LogP contribution in [0.4, 0.5) is 0 Å². The third kappa shape index (κ3) is 2.91. The Hall–Kier alpha value is -1.92. The Morgan fingerprint density at radius 3 is 2.00 bits per heavy atom. The maximum Gasteiger partial charge on any atom is 0.295 e. The number of likely N-dealkylation sites (N-methyl/N-ethyl adjacent to an activating group) is 1. The summed E-state index contributed by atoms with van der Waals surface area (Å²) in [5.41, 5.74) is 1.36. The Kier molecular flexibility index (Phi) is 4.60. The van der Waals surface area contributed by atoms with E-state index >= 15 is 0 Å². The zero-order valence-electron chi connectivity index (χ0n) is 12.7. The summed E-state index contributed by atoms with van der Waals surface area (Å²) >= 11 is 6.70. The number of nitrogens with zero attached hydrogens (tertiary/aromatic N) is 1. The van der Waals surface area contributed by atoms with Gasteiger partial charge in [-0.3, -0.25) is 9.59 Å². The Bertz CT molecular complexity index is 842. The predicted molar refractivity (Wildman–Crippen MR) is 98.4 cm³/mol. The maximum absolute atomic E-state index is 12.4. The van der Waals surface area contributed by atoms with E-state index in [2.05, 4.69) is 31.9 Å². The van der Waals surface area contributed by atoms with Crippen LogP contribution in [0.2, 0.25) is 0 Å². The molecular formula is C18H13Br2NO3. The number of ketones is 1. The molecule has 1 saturated heterocycles. The third-order valence-corrected chi connectivity index (χ3v) is 5.04. The monoisotopic (exact) mass is 449 g/mol. The van der Waals surface area contributed by atoms with Crippen molar-refractivity contribution in [2.24, 2.45) is 0 Å². The summed E-state index contributed by atoms with van der Waals surface area (Å²) in [6, 6.07) is 13.6. The van der Waals surface area contributed by atoms with Crippen LogP contribution in [0.1, 0.15) is 17.2 Å². The molecule has 1 amide bonds. The molecular weight excluding hydrogens is 438 g/mol. The predicted octanol–water partition coefficient (Wildman–Crippen LogP) is 4.26. The highest BCUT2D eigenvalue weighted by Crippen LogP contribution is 2.38. The SMILES string of the molecule is CN1C(=O)C(=O)C(=C(O)c2ccc(Br)cc2)[C@H]1c1ccc(Br)cc1. The van der Waals surface area contributed by atoms with Gasteiger partial charge in [0.15, 0.2) is 0 Å². The van der Waals surface area contributed by atoms with Gasteiger partial charge in [-0.25, -0.2) is 0 Å². The van der Waals surface area contributed by atoms with Crippen molar-refractivity contribution in [1.29, 1.82) is 0 Å². The van der Waals surface area contributed by atoms with E-state index in [1.807, 2.05) is 24.3 Å².